The first kappa shape index (κ1) is 31.2. The Morgan fingerprint density at radius 2 is 1.05 bits per heavy atom. The minimum atomic E-state index is -1.59. The van der Waals surface area contributed by atoms with Gasteiger partial charge in [0.05, 0.1) is 6.61 Å². The minimum absolute atomic E-state index is 0.0594. The van der Waals surface area contributed by atoms with E-state index in [1.165, 1.54) is 0 Å². The standard InChI is InChI=1S/C24H32O16/c1-9(25)31-7-15-17(33-10(2)26)19(34-11(3)27)22(37-14(6)30)24(39-15)40-18-16-8-32-23(38-16)21(36-13(5)29)20(18)35-12(4)28/h15-24H,7-8H2,1-6H3/t15-,16-,17-,18-,19+,20+,21-,22-,23-,24-/m1/s1. The zero-order valence-electron chi connectivity index (χ0n) is 22.7. The summed E-state index contributed by atoms with van der Waals surface area (Å²) < 4.78 is 55.4. The third-order valence-electron chi connectivity index (χ3n) is 5.86. The van der Waals surface area contributed by atoms with Crippen LogP contribution in [0.15, 0.2) is 0 Å². The van der Waals surface area contributed by atoms with E-state index in [4.69, 9.17) is 47.4 Å². The lowest BCUT2D eigenvalue weighted by Crippen LogP contribution is -2.65. The lowest BCUT2D eigenvalue weighted by Gasteiger charge is -2.46. The number of ether oxygens (including phenoxy) is 10. The van der Waals surface area contributed by atoms with E-state index in [1.54, 1.807) is 0 Å². The predicted octanol–water partition coefficient (Wildman–Crippen LogP) is -0.927. The molecule has 0 spiro atoms. The van der Waals surface area contributed by atoms with Gasteiger partial charge in [-0.15, -0.1) is 0 Å². The number of esters is 6. The van der Waals surface area contributed by atoms with E-state index in [-0.39, 0.29) is 6.61 Å². The highest BCUT2D eigenvalue weighted by molar-refractivity contribution is 5.69. The summed E-state index contributed by atoms with van der Waals surface area (Å²) in [5, 5.41) is 0. The molecular formula is C24H32O16. The van der Waals surface area contributed by atoms with Gasteiger partial charge in [0.25, 0.3) is 0 Å². The van der Waals surface area contributed by atoms with E-state index in [0.717, 1.165) is 41.5 Å². The average molecular weight is 577 g/mol. The third kappa shape index (κ3) is 7.87. The summed E-state index contributed by atoms with van der Waals surface area (Å²) in [5.41, 5.74) is 0. The molecule has 0 aliphatic carbocycles. The van der Waals surface area contributed by atoms with E-state index >= 15 is 0 Å². The van der Waals surface area contributed by atoms with Crippen molar-refractivity contribution in [3.8, 4) is 0 Å². The van der Waals surface area contributed by atoms with Crippen molar-refractivity contribution in [2.24, 2.45) is 0 Å². The topological polar surface area (TPSA) is 195 Å². The molecule has 0 radical (unpaired) electrons. The van der Waals surface area contributed by atoms with Gasteiger partial charge < -0.3 is 47.4 Å². The van der Waals surface area contributed by atoms with Gasteiger partial charge >= 0.3 is 35.8 Å². The summed E-state index contributed by atoms with van der Waals surface area (Å²) >= 11 is 0. The zero-order valence-corrected chi connectivity index (χ0v) is 22.7. The summed E-state index contributed by atoms with van der Waals surface area (Å²) in [7, 11) is 0. The monoisotopic (exact) mass is 576 g/mol. The predicted molar refractivity (Wildman–Crippen MR) is 123 cm³/mol. The van der Waals surface area contributed by atoms with Crippen LogP contribution in [0.2, 0.25) is 0 Å². The summed E-state index contributed by atoms with van der Waals surface area (Å²) in [6, 6.07) is 0. The number of carbonyl (C=O) groups is 6. The van der Waals surface area contributed by atoms with Crippen LogP contribution in [-0.4, -0.2) is 110 Å². The smallest absolute Gasteiger partial charge is 0.303 e. The molecule has 40 heavy (non-hydrogen) atoms. The third-order valence-corrected chi connectivity index (χ3v) is 5.86. The molecule has 0 N–H and O–H groups in total. The molecule has 0 aromatic rings. The van der Waals surface area contributed by atoms with Crippen molar-refractivity contribution in [2.45, 2.75) is 103 Å². The molecule has 3 fully saturated rings. The summed E-state index contributed by atoms with van der Waals surface area (Å²) in [6.07, 6.45) is -13.0. The van der Waals surface area contributed by atoms with Crippen LogP contribution >= 0.6 is 0 Å². The van der Waals surface area contributed by atoms with Crippen molar-refractivity contribution in [1.82, 2.24) is 0 Å². The molecule has 0 amide bonds. The highest BCUT2D eigenvalue weighted by atomic mass is 16.8. The molecule has 2 bridgehead atoms. The molecule has 0 aromatic carbocycles. The Morgan fingerprint density at radius 3 is 1.57 bits per heavy atom. The Balaban J connectivity index is 2.02. The molecule has 3 rings (SSSR count). The Bertz CT molecular complexity index is 995. The Morgan fingerprint density at radius 1 is 0.575 bits per heavy atom. The van der Waals surface area contributed by atoms with E-state index in [2.05, 4.69) is 0 Å². The Hall–Kier alpha value is -3.34. The van der Waals surface area contributed by atoms with Gasteiger partial charge in [-0.25, -0.2) is 0 Å². The molecule has 3 heterocycles. The molecule has 224 valence electrons. The second-order valence-electron chi connectivity index (χ2n) is 9.19. The molecule has 3 saturated heterocycles. The van der Waals surface area contributed by atoms with E-state index in [0.29, 0.717) is 0 Å². The Kier molecular flexibility index (Phi) is 10.4. The van der Waals surface area contributed by atoms with Crippen molar-refractivity contribution in [1.29, 1.82) is 0 Å². The molecule has 16 heteroatoms. The van der Waals surface area contributed by atoms with Crippen molar-refractivity contribution in [3.05, 3.63) is 0 Å². The maximum absolute atomic E-state index is 12.1. The molecular weight excluding hydrogens is 544 g/mol. The maximum Gasteiger partial charge on any atom is 0.303 e. The van der Waals surface area contributed by atoms with Gasteiger partial charge in [0.2, 0.25) is 0 Å². The van der Waals surface area contributed by atoms with Crippen LogP contribution in [0.25, 0.3) is 0 Å². The largest absolute Gasteiger partial charge is 0.463 e. The molecule has 3 aliphatic rings. The van der Waals surface area contributed by atoms with Gasteiger partial charge in [0.15, 0.2) is 43.1 Å². The average Bonchev–Trinajstić information content (AvgIpc) is 3.26. The van der Waals surface area contributed by atoms with Gasteiger partial charge in [-0.3, -0.25) is 28.8 Å². The SMILES string of the molecule is CC(=O)OC[C@H]1O[C@H](O[C@H]2[C@H](OC(C)=O)[C@@H](OC(C)=O)[C@@H]3OC[C@H]2O3)[C@H](OC(C)=O)[C@@H](OC(C)=O)[C@@H]1OC(C)=O. The summed E-state index contributed by atoms with van der Waals surface area (Å²) in [4.78, 5) is 71.4. The quantitative estimate of drug-likeness (QED) is 0.241. The highest BCUT2D eigenvalue weighted by Crippen LogP contribution is 2.37. The fraction of sp³-hybridized carbons (Fsp3) is 0.750. The molecule has 16 nitrogen and oxygen atoms in total. The first-order valence-corrected chi connectivity index (χ1v) is 12.3. The van der Waals surface area contributed by atoms with Gasteiger partial charge in [0.1, 0.15) is 24.9 Å². The molecule has 0 unspecified atom stereocenters. The van der Waals surface area contributed by atoms with Crippen LogP contribution in [0.3, 0.4) is 0 Å². The molecule has 0 saturated carbocycles. The van der Waals surface area contributed by atoms with Crippen LogP contribution in [0.1, 0.15) is 41.5 Å². The fourth-order valence-corrected chi connectivity index (χ4v) is 4.60. The highest BCUT2D eigenvalue weighted by Gasteiger charge is 2.59. The van der Waals surface area contributed by atoms with Crippen molar-refractivity contribution in [3.63, 3.8) is 0 Å². The Labute approximate surface area is 228 Å². The van der Waals surface area contributed by atoms with Crippen LogP contribution in [-0.2, 0) is 76.1 Å². The minimum Gasteiger partial charge on any atom is -0.463 e. The van der Waals surface area contributed by atoms with Crippen LogP contribution in [0.5, 0.6) is 0 Å². The number of hydrogen-bond donors (Lipinski definition) is 0. The van der Waals surface area contributed by atoms with Gasteiger partial charge in [0, 0.05) is 41.5 Å². The molecule has 0 aromatic heterocycles. The molecule has 3 aliphatic heterocycles. The van der Waals surface area contributed by atoms with Crippen LogP contribution < -0.4 is 0 Å². The number of carbonyl (C=O) groups excluding carboxylic acids is 6. The van der Waals surface area contributed by atoms with Crippen molar-refractivity contribution < 1.29 is 76.1 Å². The zero-order chi connectivity index (χ0) is 29.7. The number of fused-ring (bicyclic) bond motifs is 2. The van der Waals surface area contributed by atoms with Crippen molar-refractivity contribution >= 4 is 35.8 Å². The summed E-state index contributed by atoms with van der Waals surface area (Å²) in [5.74, 6) is -4.61. The van der Waals surface area contributed by atoms with E-state index < -0.39 is 104 Å². The maximum atomic E-state index is 12.1. The van der Waals surface area contributed by atoms with Crippen molar-refractivity contribution in [2.75, 3.05) is 13.2 Å². The van der Waals surface area contributed by atoms with Crippen LogP contribution in [0.4, 0.5) is 0 Å². The second-order valence-corrected chi connectivity index (χ2v) is 9.19. The van der Waals surface area contributed by atoms with E-state index in [9.17, 15) is 28.8 Å². The van der Waals surface area contributed by atoms with Gasteiger partial charge in [-0.1, -0.05) is 0 Å². The van der Waals surface area contributed by atoms with Gasteiger partial charge in [-0.2, -0.15) is 0 Å². The second kappa shape index (κ2) is 13.3. The number of rotatable bonds is 9. The first-order valence-electron chi connectivity index (χ1n) is 12.3. The lowest BCUT2D eigenvalue weighted by molar-refractivity contribution is -0.340. The van der Waals surface area contributed by atoms with Gasteiger partial charge in [-0.05, 0) is 0 Å². The fourth-order valence-electron chi connectivity index (χ4n) is 4.60. The summed E-state index contributed by atoms with van der Waals surface area (Å²) in [6.45, 7) is 6.12. The number of hydrogen-bond acceptors (Lipinski definition) is 16. The van der Waals surface area contributed by atoms with E-state index in [1.807, 2.05) is 0 Å². The normalized spacial score (nSPS) is 34.6. The molecule has 10 atom stereocenters. The first-order chi connectivity index (χ1) is 18.8. The van der Waals surface area contributed by atoms with Crippen LogP contribution in [0, 0.1) is 0 Å². The lowest BCUT2D eigenvalue weighted by atomic mass is 9.96.